The monoisotopic (exact) mass is 323 g/mol. The number of anilines is 1. The van der Waals surface area contributed by atoms with Crippen LogP contribution in [0, 0.1) is 6.92 Å². The molecule has 2 aromatic heterocycles. The number of rotatable bonds is 3. The molecule has 1 amide bonds. The molecule has 5 heteroatoms. The summed E-state index contributed by atoms with van der Waals surface area (Å²) in [5.74, 6) is -0.115. The van der Waals surface area contributed by atoms with Crippen LogP contribution in [0.3, 0.4) is 0 Å². The molecule has 1 aromatic carbocycles. The highest BCUT2D eigenvalue weighted by molar-refractivity contribution is 7.10. The summed E-state index contributed by atoms with van der Waals surface area (Å²) >= 11 is 1.63. The van der Waals surface area contributed by atoms with Crippen molar-refractivity contribution in [3.63, 3.8) is 0 Å². The summed E-state index contributed by atoms with van der Waals surface area (Å²) in [5, 5.41) is 9.54. The highest BCUT2D eigenvalue weighted by Crippen LogP contribution is 2.28. The van der Waals surface area contributed by atoms with Gasteiger partial charge in [-0.15, -0.1) is 11.3 Å². The molecule has 0 saturated heterocycles. The van der Waals surface area contributed by atoms with E-state index in [0.29, 0.717) is 5.69 Å². The van der Waals surface area contributed by atoms with Crippen LogP contribution in [0.4, 0.5) is 5.69 Å². The molecule has 2 heterocycles. The minimum atomic E-state index is -0.115. The molecule has 116 valence electrons. The first-order valence-corrected chi connectivity index (χ1v) is 8.63. The van der Waals surface area contributed by atoms with E-state index >= 15 is 0 Å². The predicted molar refractivity (Wildman–Crippen MR) is 92.6 cm³/mol. The number of carbonyl (C=O) groups is 1. The molecule has 0 saturated carbocycles. The van der Waals surface area contributed by atoms with E-state index in [1.54, 1.807) is 11.3 Å². The second-order valence-corrected chi connectivity index (χ2v) is 6.89. The standard InChI is InChI=1S/C18H17N3OS/c1-12-10-13(11-23-12)19-18(22)17-15-8-5-9-16(15)21(20-17)14-6-3-2-4-7-14/h2-4,6-7,10-11H,5,8-9H2,1H3,(H,19,22). The lowest BCUT2D eigenvalue weighted by molar-refractivity contribution is 0.102. The SMILES string of the molecule is Cc1cc(NC(=O)c2nn(-c3ccccc3)c3c2CCC3)cs1. The van der Waals surface area contributed by atoms with E-state index in [1.165, 1.54) is 10.6 Å². The fourth-order valence-electron chi connectivity index (χ4n) is 3.10. The number of amides is 1. The van der Waals surface area contributed by atoms with E-state index in [-0.39, 0.29) is 5.91 Å². The molecule has 23 heavy (non-hydrogen) atoms. The number of aryl methyl sites for hydroxylation is 1. The molecule has 0 spiro atoms. The number of benzene rings is 1. The van der Waals surface area contributed by atoms with Gasteiger partial charge in [-0.05, 0) is 44.4 Å². The van der Waals surface area contributed by atoms with Crippen LogP contribution >= 0.6 is 11.3 Å². The van der Waals surface area contributed by atoms with Crippen molar-refractivity contribution in [2.45, 2.75) is 26.2 Å². The Balaban J connectivity index is 1.71. The van der Waals surface area contributed by atoms with Gasteiger partial charge in [0, 0.05) is 21.5 Å². The zero-order valence-electron chi connectivity index (χ0n) is 12.9. The van der Waals surface area contributed by atoms with Crippen molar-refractivity contribution in [2.75, 3.05) is 5.32 Å². The maximum atomic E-state index is 12.6. The number of hydrogen-bond acceptors (Lipinski definition) is 3. The Morgan fingerprint density at radius 3 is 2.83 bits per heavy atom. The van der Waals surface area contributed by atoms with Crippen molar-refractivity contribution in [2.24, 2.45) is 0 Å². The summed E-state index contributed by atoms with van der Waals surface area (Å²) in [5.41, 5.74) is 4.68. The zero-order valence-corrected chi connectivity index (χ0v) is 13.7. The Labute approximate surface area is 138 Å². The van der Waals surface area contributed by atoms with E-state index in [1.807, 2.05) is 53.4 Å². The van der Waals surface area contributed by atoms with E-state index in [9.17, 15) is 4.79 Å². The third-order valence-electron chi connectivity index (χ3n) is 4.13. The summed E-state index contributed by atoms with van der Waals surface area (Å²) in [6, 6.07) is 12.0. The lowest BCUT2D eigenvalue weighted by Gasteiger charge is -2.04. The Bertz CT molecular complexity index is 864. The van der Waals surface area contributed by atoms with Crippen molar-refractivity contribution in [1.82, 2.24) is 9.78 Å². The van der Waals surface area contributed by atoms with Gasteiger partial charge in [0.25, 0.3) is 5.91 Å². The highest BCUT2D eigenvalue weighted by Gasteiger charge is 2.27. The number of thiophene rings is 1. The van der Waals surface area contributed by atoms with Crippen molar-refractivity contribution >= 4 is 22.9 Å². The highest BCUT2D eigenvalue weighted by atomic mass is 32.1. The van der Waals surface area contributed by atoms with Gasteiger partial charge in [-0.2, -0.15) is 5.10 Å². The van der Waals surface area contributed by atoms with Gasteiger partial charge in [0.1, 0.15) is 0 Å². The zero-order chi connectivity index (χ0) is 15.8. The summed E-state index contributed by atoms with van der Waals surface area (Å²) in [6.45, 7) is 2.03. The second-order valence-electron chi connectivity index (χ2n) is 5.77. The fourth-order valence-corrected chi connectivity index (χ4v) is 3.74. The number of carbonyl (C=O) groups excluding carboxylic acids is 1. The average molecular weight is 323 g/mol. The average Bonchev–Trinajstić information content (AvgIpc) is 3.24. The minimum absolute atomic E-state index is 0.115. The lowest BCUT2D eigenvalue weighted by Crippen LogP contribution is -2.14. The number of nitrogens with one attached hydrogen (secondary N) is 1. The molecule has 0 unspecified atom stereocenters. The minimum Gasteiger partial charge on any atom is -0.320 e. The summed E-state index contributed by atoms with van der Waals surface area (Å²) in [6.07, 6.45) is 2.98. The maximum Gasteiger partial charge on any atom is 0.276 e. The van der Waals surface area contributed by atoms with Crippen LogP contribution < -0.4 is 5.32 Å². The molecule has 0 fully saturated rings. The third kappa shape index (κ3) is 2.57. The molecule has 0 atom stereocenters. The number of aromatic nitrogens is 2. The largest absolute Gasteiger partial charge is 0.320 e. The third-order valence-corrected chi connectivity index (χ3v) is 5.00. The molecule has 0 radical (unpaired) electrons. The topological polar surface area (TPSA) is 46.9 Å². The summed E-state index contributed by atoms with van der Waals surface area (Å²) < 4.78 is 1.93. The van der Waals surface area contributed by atoms with Crippen LogP contribution in [0.25, 0.3) is 5.69 Å². The molecule has 4 rings (SSSR count). The number of para-hydroxylation sites is 1. The van der Waals surface area contributed by atoms with Gasteiger partial charge in [0.05, 0.1) is 11.4 Å². The quantitative estimate of drug-likeness (QED) is 0.792. The first kappa shape index (κ1) is 14.2. The van der Waals surface area contributed by atoms with Gasteiger partial charge < -0.3 is 5.32 Å². The van der Waals surface area contributed by atoms with Crippen LogP contribution in [0.1, 0.15) is 33.0 Å². The molecule has 4 nitrogen and oxygen atoms in total. The first-order chi connectivity index (χ1) is 11.2. The van der Waals surface area contributed by atoms with E-state index in [4.69, 9.17) is 0 Å². The van der Waals surface area contributed by atoms with Crippen LogP contribution in [-0.4, -0.2) is 15.7 Å². The Hall–Kier alpha value is -2.40. The number of nitrogens with zero attached hydrogens (tertiary/aromatic N) is 2. The second kappa shape index (κ2) is 5.66. The molecular formula is C18H17N3OS. The smallest absolute Gasteiger partial charge is 0.276 e. The number of hydrogen-bond donors (Lipinski definition) is 1. The molecule has 1 aliphatic carbocycles. The number of fused-ring (bicyclic) bond motifs is 1. The van der Waals surface area contributed by atoms with Crippen LogP contribution in [0.5, 0.6) is 0 Å². The van der Waals surface area contributed by atoms with Gasteiger partial charge >= 0.3 is 0 Å². The molecule has 0 aliphatic heterocycles. The normalized spacial score (nSPS) is 13.1. The van der Waals surface area contributed by atoms with Crippen LogP contribution in [0.2, 0.25) is 0 Å². The van der Waals surface area contributed by atoms with Crippen LogP contribution in [0.15, 0.2) is 41.8 Å². The van der Waals surface area contributed by atoms with Gasteiger partial charge in [0.2, 0.25) is 0 Å². The van der Waals surface area contributed by atoms with Gasteiger partial charge in [-0.3, -0.25) is 4.79 Å². The summed E-state index contributed by atoms with van der Waals surface area (Å²) in [7, 11) is 0. The van der Waals surface area contributed by atoms with Crippen LogP contribution in [-0.2, 0) is 12.8 Å². The predicted octanol–water partition coefficient (Wildman–Crippen LogP) is 3.98. The maximum absolute atomic E-state index is 12.6. The van der Waals surface area contributed by atoms with Crippen molar-refractivity contribution < 1.29 is 4.79 Å². The van der Waals surface area contributed by atoms with Gasteiger partial charge in [0.15, 0.2) is 5.69 Å². The van der Waals surface area contributed by atoms with Crippen molar-refractivity contribution in [3.8, 4) is 5.69 Å². The summed E-state index contributed by atoms with van der Waals surface area (Å²) in [4.78, 5) is 13.8. The van der Waals surface area contributed by atoms with Gasteiger partial charge in [-0.1, -0.05) is 18.2 Å². The molecular weight excluding hydrogens is 306 g/mol. The molecule has 0 bridgehead atoms. The lowest BCUT2D eigenvalue weighted by atomic mass is 10.2. The van der Waals surface area contributed by atoms with E-state index in [2.05, 4.69) is 10.4 Å². The Morgan fingerprint density at radius 1 is 1.26 bits per heavy atom. The molecule has 1 aliphatic rings. The van der Waals surface area contributed by atoms with E-state index in [0.717, 1.165) is 36.2 Å². The van der Waals surface area contributed by atoms with E-state index < -0.39 is 0 Å². The first-order valence-electron chi connectivity index (χ1n) is 7.75. The Morgan fingerprint density at radius 2 is 2.09 bits per heavy atom. The van der Waals surface area contributed by atoms with Crippen molar-refractivity contribution in [1.29, 1.82) is 0 Å². The van der Waals surface area contributed by atoms with Crippen molar-refractivity contribution in [3.05, 3.63) is 63.6 Å². The molecule has 1 N–H and O–H groups in total. The molecule has 3 aromatic rings. The Kier molecular flexibility index (Phi) is 3.50. The fraction of sp³-hybridized carbons (Fsp3) is 0.222. The van der Waals surface area contributed by atoms with Gasteiger partial charge in [-0.25, -0.2) is 4.68 Å².